The molecule has 0 bridgehead atoms. The van der Waals surface area contributed by atoms with Crippen LogP contribution in [-0.2, 0) is 19.3 Å². The third-order valence-electron chi connectivity index (χ3n) is 4.55. The molecular weight excluding hydrogens is 220 g/mol. The van der Waals surface area contributed by atoms with Crippen molar-refractivity contribution in [3.8, 4) is 0 Å². The molecule has 0 radical (unpaired) electrons. The molecule has 2 heteroatoms. The molecule has 0 aromatic heterocycles. The van der Waals surface area contributed by atoms with Crippen molar-refractivity contribution in [2.75, 3.05) is 6.54 Å². The number of aryl methyl sites for hydroxylation is 2. The van der Waals surface area contributed by atoms with E-state index >= 15 is 0 Å². The Morgan fingerprint density at radius 3 is 2.83 bits per heavy atom. The summed E-state index contributed by atoms with van der Waals surface area (Å²) < 4.78 is 0. The van der Waals surface area contributed by atoms with E-state index in [1.54, 1.807) is 11.1 Å². The zero-order chi connectivity index (χ0) is 12.4. The molecule has 2 nitrogen and oxygen atoms in total. The van der Waals surface area contributed by atoms with Gasteiger partial charge in [0.05, 0.1) is 0 Å². The van der Waals surface area contributed by atoms with Gasteiger partial charge in [0, 0.05) is 12.1 Å². The summed E-state index contributed by atoms with van der Waals surface area (Å²) in [7, 11) is 0. The molecule has 0 amide bonds. The third-order valence-corrected chi connectivity index (χ3v) is 4.55. The fourth-order valence-electron chi connectivity index (χ4n) is 3.42. The first-order chi connectivity index (χ1) is 8.83. The van der Waals surface area contributed by atoms with E-state index in [-0.39, 0.29) is 0 Å². The highest BCUT2D eigenvalue weighted by atomic mass is 15.0. The van der Waals surface area contributed by atoms with Crippen LogP contribution in [0.2, 0.25) is 0 Å². The van der Waals surface area contributed by atoms with Crippen LogP contribution < -0.4 is 11.1 Å². The fourth-order valence-corrected chi connectivity index (χ4v) is 3.42. The Hall–Kier alpha value is -0.860. The predicted octanol–water partition coefficient (Wildman–Crippen LogP) is 2.19. The Morgan fingerprint density at radius 2 is 2.00 bits per heavy atom. The minimum atomic E-state index is 0.380. The van der Waals surface area contributed by atoms with E-state index < -0.39 is 0 Å². The van der Waals surface area contributed by atoms with Gasteiger partial charge in [-0.05, 0) is 61.8 Å². The molecule has 2 atom stereocenters. The molecule has 18 heavy (non-hydrogen) atoms. The van der Waals surface area contributed by atoms with Crippen molar-refractivity contribution in [1.29, 1.82) is 0 Å². The average molecular weight is 244 g/mol. The number of hydrogen-bond donors (Lipinski definition) is 2. The van der Waals surface area contributed by atoms with Crippen molar-refractivity contribution in [2.24, 2.45) is 5.73 Å². The second kappa shape index (κ2) is 5.41. The zero-order valence-corrected chi connectivity index (χ0v) is 11.1. The van der Waals surface area contributed by atoms with Crippen LogP contribution in [0, 0.1) is 0 Å². The topological polar surface area (TPSA) is 38.0 Å². The Kier molecular flexibility index (Phi) is 3.67. The van der Waals surface area contributed by atoms with Gasteiger partial charge in [-0.2, -0.15) is 0 Å². The Morgan fingerprint density at radius 1 is 1.11 bits per heavy atom. The van der Waals surface area contributed by atoms with Gasteiger partial charge < -0.3 is 11.1 Å². The van der Waals surface area contributed by atoms with Gasteiger partial charge in [0.1, 0.15) is 0 Å². The van der Waals surface area contributed by atoms with Gasteiger partial charge in [0.25, 0.3) is 0 Å². The third kappa shape index (κ3) is 2.60. The molecule has 0 aliphatic heterocycles. The van der Waals surface area contributed by atoms with Crippen LogP contribution in [0.1, 0.15) is 42.4 Å². The molecule has 3 rings (SSSR count). The number of nitrogens with one attached hydrogen (secondary N) is 1. The van der Waals surface area contributed by atoms with E-state index in [4.69, 9.17) is 5.73 Å². The second-order valence-electron chi connectivity index (χ2n) is 5.86. The maximum absolute atomic E-state index is 6.07. The summed E-state index contributed by atoms with van der Waals surface area (Å²) in [4.78, 5) is 0. The number of rotatable bonds is 4. The molecule has 2 aliphatic rings. The number of fused-ring (bicyclic) bond motifs is 1. The summed E-state index contributed by atoms with van der Waals surface area (Å²) in [6, 6.07) is 7.99. The first-order valence-corrected chi connectivity index (χ1v) is 7.42. The summed E-state index contributed by atoms with van der Waals surface area (Å²) in [5, 5.41) is 3.62. The van der Waals surface area contributed by atoms with E-state index in [2.05, 4.69) is 23.5 Å². The van der Waals surface area contributed by atoms with E-state index in [9.17, 15) is 0 Å². The van der Waals surface area contributed by atoms with Gasteiger partial charge in [-0.3, -0.25) is 0 Å². The Labute approximate surface area is 110 Å². The molecule has 2 unspecified atom stereocenters. The second-order valence-corrected chi connectivity index (χ2v) is 5.86. The minimum absolute atomic E-state index is 0.380. The number of benzene rings is 1. The predicted molar refractivity (Wildman–Crippen MR) is 75.8 cm³/mol. The highest BCUT2D eigenvalue weighted by Crippen LogP contribution is 2.23. The first-order valence-electron chi connectivity index (χ1n) is 7.42. The van der Waals surface area contributed by atoms with Crippen LogP contribution in [0.15, 0.2) is 18.2 Å². The summed E-state index contributed by atoms with van der Waals surface area (Å²) in [6.07, 6.45) is 8.78. The van der Waals surface area contributed by atoms with Crippen molar-refractivity contribution in [3.05, 3.63) is 34.9 Å². The highest BCUT2D eigenvalue weighted by Gasteiger charge is 2.22. The summed E-state index contributed by atoms with van der Waals surface area (Å²) in [6.45, 7) is 1.07. The lowest BCUT2D eigenvalue weighted by molar-refractivity contribution is 0.479. The average Bonchev–Trinajstić information content (AvgIpc) is 2.98. The highest BCUT2D eigenvalue weighted by molar-refractivity contribution is 5.35. The fraction of sp³-hybridized carbons (Fsp3) is 0.625. The molecule has 1 saturated carbocycles. The summed E-state index contributed by atoms with van der Waals surface area (Å²) in [5.41, 5.74) is 10.7. The summed E-state index contributed by atoms with van der Waals surface area (Å²) in [5.74, 6) is 0. The SMILES string of the molecule is NC1CCCC1NCCc1ccc2c(c1)CCC2. The zero-order valence-electron chi connectivity index (χ0n) is 11.1. The summed E-state index contributed by atoms with van der Waals surface area (Å²) >= 11 is 0. The molecule has 0 saturated heterocycles. The van der Waals surface area contributed by atoms with Gasteiger partial charge in [-0.15, -0.1) is 0 Å². The molecule has 1 aromatic rings. The molecule has 0 heterocycles. The molecule has 98 valence electrons. The quantitative estimate of drug-likeness (QED) is 0.852. The van der Waals surface area contributed by atoms with Crippen molar-refractivity contribution < 1.29 is 0 Å². The van der Waals surface area contributed by atoms with Gasteiger partial charge >= 0.3 is 0 Å². The van der Waals surface area contributed by atoms with Crippen LogP contribution in [-0.4, -0.2) is 18.6 Å². The largest absolute Gasteiger partial charge is 0.326 e. The standard InChI is InChI=1S/C16H24N2/c17-15-5-2-6-16(15)18-10-9-12-7-8-13-3-1-4-14(13)11-12/h7-8,11,15-16,18H,1-6,9-10,17H2. The number of nitrogens with two attached hydrogens (primary N) is 1. The van der Waals surface area contributed by atoms with Gasteiger partial charge in [0.2, 0.25) is 0 Å². The van der Waals surface area contributed by atoms with Crippen LogP contribution >= 0.6 is 0 Å². The maximum atomic E-state index is 6.07. The Balaban J connectivity index is 1.51. The maximum Gasteiger partial charge on any atom is 0.0219 e. The molecule has 2 aliphatic carbocycles. The monoisotopic (exact) mass is 244 g/mol. The van der Waals surface area contributed by atoms with Gasteiger partial charge in [-0.1, -0.05) is 24.6 Å². The van der Waals surface area contributed by atoms with E-state index in [0.29, 0.717) is 12.1 Å². The van der Waals surface area contributed by atoms with Gasteiger partial charge in [0.15, 0.2) is 0 Å². The van der Waals surface area contributed by atoms with Crippen molar-refractivity contribution in [1.82, 2.24) is 5.32 Å². The molecule has 1 aromatic carbocycles. The van der Waals surface area contributed by atoms with Crippen LogP contribution in [0.3, 0.4) is 0 Å². The van der Waals surface area contributed by atoms with E-state index in [1.807, 2.05) is 0 Å². The molecular formula is C16H24N2. The Bertz CT molecular complexity index is 414. The lowest BCUT2D eigenvalue weighted by atomic mass is 10.0. The lowest BCUT2D eigenvalue weighted by Crippen LogP contribution is -2.41. The van der Waals surface area contributed by atoms with Crippen molar-refractivity contribution in [3.63, 3.8) is 0 Å². The van der Waals surface area contributed by atoms with Crippen LogP contribution in [0.25, 0.3) is 0 Å². The molecule has 0 spiro atoms. The minimum Gasteiger partial charge on any atom is -0.326 e. The normalized spacial score (nSPS) is 26.5. The van der Waals surface area contributed by atoms with Gasteiger partial charge in [-0.25, -0.2) is 0 Å². The van der Waals surface area contributed by atoms with Crippen molar-refractivity contribution in [2.45, 2.75) is 57.0 Å². The van der Waals surface area contributed by atoms with Crippen LogP contribution in [0.5, 0.6) is 0 Å². The van der Waals surface area contributed by atoms with Crippen molar-refractivity contribution >= 4 is 0 Å². The van der Waals surface area contributed by atoms with Crippen LogP contribution in [0.4, 0.5) is 0 Å². The molecule has 1 fully saturated rings. The van der Waals surface area contributed by atoms with E-state index in [0.717, 1.165) is 13.0 Å². The molecule has 3 N–H and O–H groups in total. The number of hydrogen-bond acceptors (Lipinski definition) is 2. The lowest BCUT2D eigenvalue weighted by Gasteiger charge is -2.17. The smallest absolute Gasteiger partial charge is 0.0219 e. The first kappa shape index (κ1) is 12.2. The van der Waals surface area contributed by atoms with E-state index in [1.165, 1.54) is 44.1 Å².